The van der Waals surface area contributed by atoms with Gasteiger partial charge in [0.15, 0.2) is 5.69 Å². The van der Waals surface area contributed by atoms with Crippen LogP contribution in [0, 0.1) is 5.82 Å². The van der Waals surface area contributed by atoms with Gasteiger partial charge in [-0.25, -0.2) is 14.1 Å². The molecule has 3 heterocycles. The molecule has 0 amide bonds. The topological polar surface area (TPSA) is 85.1 Å². The number of rotatable bonds is 6. The van der Waals surface area contributed by atoms with Gasteiger partial charge in [-0.05, 0) is 56.3 Å². The van der Waals surface area contributed by atoms with Gasteiger partial charge in [0, 0.05) is 30.2 Å². The number of hydrogen-bond donors (Lipinski definition) is 2. The van der Waals surface area contributed by atoms with Gasteiger partial charge >= 0.3 is 6.18 Å². The predicted molar refractivity (Wildman–Crippen MR) is 116 cm³/mol. The minimum atomic E-state index is -4.70. The lowest BCUT2D eigenvalue weighted by Gasteiger charge is -2.17. The first kappa shape index (κ1) is 23.2. The van der Waals surface area contributed by atoms with E-state index in [0.717, 1.165) is 22.9 Å². The van der Waals surface area contributed by atoms with E-state index in [2.05, 4.69) is 20.4 Å². The van der Waals surface area contributed by atoms with Crippen LogP contribution in [0.5, 0.6) is 11.6 Å². The Morgan fingerprint density at radius 3 is 2.29 bits per heavy atom. The van der Waals surface area contributed by atoms with E-state index in [0.29, 0.717) is 17.2 Å². The summed E-state index contributed by atoms with van der Waals surface area (Å²) in [5.41, 5.74) is -1.09. The number of benzene rings is 1. The Hall–Kier alpha value is -3.99. The molecule has 4 rings (SSSR count). The molecule has 4 aromatic rings. The van der Waals surface area contributed by atoms with Gasteiger partial charge in [0.1, 0.15) is 23.0 Å². The predicted octanol–water partition coefficient (Wildman–Crippen LogP) is 5.58. The van der Waals surface area contributed by atoms with Gasteiger partial charge in [-0.1, -0.05) is 0 Å². The smallest absolute Gasteiger partial charge is 0.435 e. The van der Waals surface area contributed by atoms with Gasteiger partial charge in [0.25, 0.3) is 0 Å². The zero-order chi connectivity index (χ0) is 24.5. The summed E-state index contributed by atoms with van der Waals surface area (Å²) in [5.74, 6) is -0.229. The molecule has 0 aliphatic heterocycles. The number of nitrogens with zero attached hydrogens (tertiary/aromatic N) is 4. The zero-order valence-corrected chi connectivity index (χ0v) is 18.0. The summed E-state index contributed by atoms with van der Waals surface area (Å²) in [7, 11) is 0. The highest BCUT2D eigenvalue weighted by Gasteiger charge is 2.35. The molecule has 0 aliphatic carbocycles. The molecule has 0 saturated heterocycles. The number of hydrogen-bond acceptors (Lipinski definition) is 6. The van der Waals surface area contributed by atoms with Crippen molar-refractivity contribution in [2.45, 2.75) is 25.6 Å². The van der Waals surface area contributed by atoms with Crippen LogP contribution >= 0.6 is 0 Å². The molecule has 11 heteroatoms. The minimum absolute atomic E-state index is 0.186. The number of nitrogens with one attached hydrogen (secondary N) is 1. The fourth-order valence-electron chi connectivity index (χ4n) is 3.00. The summed E-state index contributed by atoms with van der Waals surface area (Å²) in [6.45, 7) is 3.20. The van der Waals surface area contributed by atoms with Gasteiger partial charge in [-0.15, -0.1) is 0 Å². The molecule has 0 radical (unpaired) electrons. The summed E-state index contributed by atoms with van der Waals surface area (Å²) < 4.78 is 59.8. The maximum absolute atomic E-state index is 13.3. The Kier molecular flexibility index (Phi) is 5.96. The van der Waals surface area contributed by atoms with Gasteiger partial charge in [-0.2, -0.15) is 18.3 Å². The van der Waals surface area contributed by atoms with E-state index >= 15 is 0 Å². The third-order valence-electron chi connectivity index (χ3n) is 4.65. The van der Waals surface area contributed by atoms with Crippen LogP contribution in [0.25, 0.3) is 5.69 Å². The standard InChI is InChI=1S/C23H19F4N5O2/c1-22(2,33)18-11-15(7-9-28-18)30-20-12-17(8-10-29-20)34-21-13-19(23(25,26)27)31-32(21)16-5-3-14(24)4-6-16/h3-13,33H,1-2H3,(H,28,29,30). The lowest BCUT2D eigenvalue weighted by atomic mass is 10.0. The molecule has 0 bridgehead atoms. The summed E-state index contributed by atoms with van der Waals surface area (Å²) in [6, 6.07) is 11.8. The van der Waals surface area contributed by atoms with Crippen molar-refractivity contribution in [3.8, 4) is 17.3 Å². The first-order chi connectivity index (χ1) is 16.0. The highest BCUT2D eigenvalue weighted by Crippen LogP contribution is 2.34. The molecule has 0 saturated carbocycles. The Balaban J connectivity index is 1.63. The van der Waals surface area contributed by atoms with Crippen molar-refractivity contribution in [3.63, 3.8) is 0 Å². The van der Waals surface area contributed by atoms with Crippen molar-refractivity contribution in [2.24, 2.45) is 0 Å². The molecule has 0 fully saturated rings. The number of pyridine rings is 2. The third-order valence-corrected chi connectivity index (χ3v) is 4.65. The number of ether oxygens (including phenoxy) is 1. The van der Waals surface area contributed by atoms with Gasteiger partial charge in [0.05, 0.1) is 11.4 Å². The Morgan fingerprint density at radius 1 is 0.912 bits per heavy atom. The van der Waals surface area contributed by atoms with Crippen LogP contribution in [0.3, 0.4) is 0 Å². The highest BCUT2D eigenvalue weighted by molar-refractivity contribution is 5.57. The van der Waals surface area contributed by atoms with Crippen molar-refractivity contribution >= 4 is 11.5 Å². The van der Waals surface area contributed by atoms with Crippen molar-refractivity contribution in [1.82, 2.24) is 19.7 Å². The lowest BCUT2D eigenvalue weighted by molar-refractivity contribution is -0.141. The van der Waals surface area contributed by atoms with Crippen LogP contribution in [0.1, 0.15) is 25.2 Å². The first-order valence-corrected chi connectivity index (χ1v) is 10.0. The zero-order valence-electron chi connectivity index (χ0n) is 18.0. The van der Waals surface area contributed by atoms with E-state index in [1.165, 1.54) is 36.7 Å². The molecule has 0 spiro atoms. The number of halogens is 4. The van der Waals surface area contributed by atoms with E-state index in [4.69, 9.17) is 4.74 Å². The molecular weight excluding hydrogens is 454 g/mol. The van der Waals surface area contributed by atoms with Gasteiger partial charge < -0.3 is 15.2 Å². The Morgan fingerprint density at radius 2 is 1.62 bits per heavy atom. The van der Waals surface area contributed by atoms with Crippen LogP contribution in [0.4, 0.5) is 29.1 Å². The summed E-state index contributed by atoms with van der Waals surface area (Å²) >= 11 is 0. The summed E-state index contributed by atoms with van der Waals surface area (Å²) in [5, 5.41) is 16.8. The Labute approximate surface area is 191 Å². The average Bonchev–Trinajstić information content (AvgIpc) is 3.18. The van der Waals surface area contributed by atoms with Crippen molar-refractivity contribution in [2.75, 3.05) is 5.32 Å². The van der Waals surface area contributed by atoms with E-state index in [-0.39, 0.29) is 17.3 Å². The van der Waals surface area contributed by atoms with Crippen molar-refractivity contribution in [3.05, 3.63) is 84.2 Å². The highest BCUT2D eigenvalue weighted by atomic mass is 19.4. The Bertz CT molecular complexity index is 1300. The van der Waals surface area contributed by atoms with Crippen LogP contribution in [-0.4, -0.2) is 24.9 Å². The third kappa shape index (κ3) is 5.31. The average molecular weight is 473 g/mol. The van der Waals surface area contributed by atoms with Crippen LogP contribution in [0.2, 0.25) is 0 Å². The van der Waals surface area contributed by atoms with E-state index < -0.39 is 23.3 Å². The summed E-state index contributed by atoms with van der Waals surface area (Å²) in [6.07, 6.45) is -1.76. The molecule has 0 unspecified atom stereocenters. The first-order valence-electron chi connectivity index (χ1n) is 10.0. The lowest BCUT2D eigenvalue weighted by Crippen LogP contribution is -2.17. The van der Waals surface area contributed by atoms with E-state index in [1.54, 1.807) is 26.0 Å². The maximum atomic E-state index is 13.3. The van der Waals surface area contributed by atoms with Gasteiger partial charge in [-0.3, -0.25) is 4.98 Å². The molecule has 7 nitrogen and oxygen atoms in total. The van der Waals surface area contributed by atoms with Crippen LogP contribution in [-0.2, 0) is 11.8 Å². The number of alkyl halides is 3. The van der Waals surface area contributed by atoms with Crippen molar-refractivity contribution < 1.29 is 27.4 Å². The molecule has 176 valence electrons. The van der Waals surface area contributed by atoms with Crippen molar-refractivity contribution in [1.29, 1.82) is 0 Å². The van der Waals surface area contributed by atoms with Crippen LogP contribution < -0.4 is 10.1 Å². The molecule has 34 heavy (non-hydrogen) atoms. The largest absolute Gasteiger partial charge is 0.439 e. The summed E-state index contributed by atoms with van der Waals surface area (Å²) in [4.78, 5) is 8.32. The maximum Gasteiger partial charge on any atom is 0.435 e. The fourth-order valence-corrected chi connectivity index (χ4v) is 3.00. The monoisotopic (exact) mass is 473 g/mol. The van der Waals surface area contributed by atoms with E-state index in [1.807, 2.05) is 0 Å². The second-order valence-corrected chi connectivity index (χ2v) is 7.85. The quantitative estimate of drug-likeness (QED) is 0.356. The second-order valence-electron chi connectivity index (χ2n) is 7.85. The molecule has 2 N–H and O–H groups in total. The number of aromatic nitrogens is 4. The second kappa shape index (κ2) is 8.75. The fraction of sp³-hybridized carbons (Fsp3) is 0.174. The number of aliphatic hydroxyl groups is 1. The normalized spacial score (nSPS) is 12.0. The van der Waals surface area contributed by atoms with Gasteiger partial charge in [0.2, 0.25) is 5.88 Å². The van der Waals surface area contributed by atoms with E-state index in [9.17, 15) is 22.7 Å². The number of anilines is 2. The molecular formula is C23H19F4N5O2. The SMILES string of the molecule is CC(C)(O)c1cc(Nc2cc(Oc3cc(C(F)(F)F)nn3-c3ccc(F)cc3)ccn2)ccn1. The molecule has 0 aliphatic rings. The van der Waals surface area contributed by atoms with Crippen LogP contribution in [0.15, 0.2) is 67.0 Å². The molecule has 0 atom stereocenters. The molecule has 1 aromatic carbocycles. The minimum Gasteiger partial charge on any atom is -0.439 e. The molecule has 3 aromatic heterocycles.